The molecule has 88 valence electrons. The minimum atomic E-state index is -0.0337. The van der Waals surface area contributed by atoms with Gasteiger partial charge in [0.1, 0.15) is 5.75 Å². The van der Waals surface area contributed by atoms with Gasteiger partial charge in [-0.25, -0.2) is 0 Å². The summed E-state index contributed by atoms with van der Waals surface area (Å²) < 4.78 is 5.27. The molecule has 1 saturated heterocycles. The molecule has 0 spiro atoms. The van der Waals surface area contributed by atoms with E-state index in [0.717, 1.165) is 37.4 Å². The summed E-state index contributed by atoms with van der Waals surface area (Å²) in [5, 5.41) is 19.0. The quantitative estimate of drug-likeness (QED) is 0.792. The molecule has 0 radical (unpaired) electrons. The van der Waals surface area contributed by atoms with Crippen LogP contribution in [0.1, 0.15) is 11.1 Å². The monoisotopic (exact) mass is 223 g/mol. The van der Waals surface area contributed by atoms with E-state index in [1.165, 1.54) is 0 Å². The van der Waals surface area contributed by atoms with Crippen molar-refractivity contribution in [3.8, 4) is 5.75 Å². The maximum absolute atomic E-state index is 9.78. The number of ether oxygens (including phenoxy) is 1. The normalized spacial score (nSPS) is 17.6. The van der Waals surface area contributed by atoms with E-state index in [2.05, 4.69) is 4.90 Å². The second kappa shape index (κ2) is 5.30. The second-order valence-corrected chi connectivity index (χ2v) is 3.96. The number of aliphatic hydroxyl groups excluding tert-OH is 1. The third-order valence-corrected chi connectivity index (χ3v) is 2.90. The van der Waals surface area contributed by atoms with Crippen molar-refractivity contribution in [3.05, 3.63) is 29.3 Å². The van der Waals surface area contributed by atoms with Gasteiger partial charge in [-0.1, -0.05) is 12.1 Å². The number of morpholine rings is 1. The number of rotatable bonds is 3. The molecule has 0 bridgehead atoms. The molecule has 1 aromatic carbocycles. The molecular formula is C12H17NO3. The highest BCUT2D eigenvalue weighted by Gasteiger charge is 2.14. The van der Waals surface area contributed by atoms with Crippen LogP contribution in [0.2, 0.25) is 0 Å². The summed E-state index contributed by atoms with van der Waals surface area (Å²) in [7, 11) is 0. The fraction of sp³-hybridized carbons (Fsp3) is 0.500. The number of aromatic hydroxyl groups is 1. The van der Waals surface area contributed by atoms with Crippen LogP contribution in [0.4, 0.5) is 0 Å². The maximum atomic E-state index is 9.78. The number of nitrogens with zero attached hydrogens (tertiary/aromatic N) is 1. The average molecular weight is 223 g/mol. The highest BCUT2D eigenvalue weighted by Crippen LogP contribution is 2.23. The molecule has 0 aromatic heterocycles. The van der Waals surface area contributed by atoms with E-state index in [-0.39, 0.29) is 12.4 Å². The maximum Gasteiger partial charge on any atom is 0.120 e. The van der Waals surface area contributed by atoms with Gasteiger partial charge in [0, 0.05) is 25.2 Å². The summed E-state index contributed by atoms with van der Waals surface area (Å²) in [6, 6.07) is 5.26. The van der Waals surface area contributed by atoms with E-state index in [1.807, 2.05) is 6.07 Å². The van der Waals surface area contributed by atoms with Crippen molar-refractivity contribution in [1.29, 1.82) is 0 Å². The van der Waals surface area contributed by atoms with Crippen molar-refractivity contribution in [2.75, 3.05) is 26.3 Å². The van der Waals surface area contributed by atoms with Gasteiger partial charge in [-0.05, 0) is 11.6 Å². The SMILES string of the molecule is OCc1cccc(O)c1CN1CCOCC1. The minimum Gasteiger partial charge on any atom is -0.508 e. The highest BCUT2D eigenvalue weighted by molar-refractivity contribution is 5.38. The van der Waals surface area contributed by atoms with Crippen molar-refractivity contribution in [3.63, 3.8) is 0 Å². The van der Waals surface area contributed by atoms with Gasteiger partial charge in [0.25, 0.3) is 0 Å². The molecule has 1 aromatic rings. The molecule has 4 heteroatoms. The zero-order valence-corrected chi connectivity index (χ0v) is 9.22. The predicted molar refractivity (Wildman–Crippen MR) is 60.1 cm³/mol. The van der Waals surface area contributed by atoms with E-state index >= 15 is 0 Å². The molecule has 1 fully saturated rings. The first-order valence-electron chi connectivity index (χ1n) is 5.52. The van der Waals surface area contributed by atoms with E-state index < -0.39 is 0 Å². The number of hydrogen-bond acceptors (Lipinski definition) is 4. The average Bonchev–Trinajstić information content (AvgIpc) is 2.33. The van der Waals surface area contributed by atoms with Crippen LogP contribution in [0.25, 0.3) is 0 Å². The first kappa shape index (κ1) is 11.4. The van der Waals surface area contributed by atoms with Crippen LogP contribution >= 0.6 is 0 Å². The number of aliphatic hydroxyl groups is 1. The molecule has 0 aliphatic carbocycles. The third kappa shape index (κ3) is 2.52. The van der Waals surface area contributed by atoms with Crippen molar-refractivity contribution in [1.82, 2.24) is 4.90 Å². The third-order valence-electron chi connectivity index (χ3n) is 2.90. The van der Waals surface area contributed by atoms with Gasteiger partial charge in [0.2, 0.25) is 0 Å². The van der Waals surface area contributed by atoms with Crippen LogP contribution in [0.3, 0.4) is 0 Å². The molecule has 0 amide bonds. The smallest absolute Gasteiger partial charge is 0.120 e. The lowest BCUT2D eigenvalue weighted by Gasteiger charge is -2.27. The predicted octanol–water partition coefficient (Wildman–Crippen LogP) is 0.717. The van der Waals surface area contributed by atoms with Crippen molar-refractivity contribution in [2.24, 2.45) is 0 Å². The standard InChI is InChI=1S/C12H17NO3/c14-9-10-2-1-3-12(15)11(10)8-13-4-6-16-7-5-13/h1-3,14-15H,4-9H2. The summed E-state index contributed by atoms with van der Waals surface area (Å²) in [4.78, 5) is 2.22. The van der Waals surface area contributed by atoms with Crippen LogP contribution in [-0.2, 0) is 17.9 Å². The van der Waals surface area contributed by atoms with E-state index in [0.29, 0.717) is 6.54 Å². The fourth-order valence-electron chi connectivity index (χ4n) is 1.93. The molecule has 1 heterocycles. The highest BCUT2D eigenvalue weighted by atomic mass is 16.5. The fourth-order valence-corrected chi connectivity index (χ4v) is 1.93. The molecule has 16 heavy (non-hydrogen) atoms. The van der Waals surface area contributed by atoms with Gasteiger partial charge in [-0.2, -0.15) is 0 Å². The van der Waals surface area contributed by atoms with Gasteiger partial charge in [-0.3, -0.25) is 4.90 Å². The van der Waals surface area contributed by atoms with Crippen LogP contribution < -0.4 is 0 Å². The zero-order chi connectivity index (χ0) is 11.4. The molecule has 0 saturated carbocycles. The van der Waals surface area contributed by atoms with Crippen LogP contribution in [0.15, 0.2) is 18.2 Å². The van der Waals surface area contributed by atoms with Gasteiger partial charge in [0.05, 0.1) is 19.8 Å². The van der Waals surface area contributed by atoms with E-state index in [9.17, 15) is 10.2 Å². The van der Waals surface area contributed by atoms with Gasteiger partial charge < -0.3 is 14.9 Å². The molecule has 2 rings (SSSR count). The van der Waals surface area contributed by atoms with Crippen LogP contribution in [0.5, 0.6) is 5.75 Å². The Hall–Kier alpha value is -1.10. The van der Waals surface area contributed by atoms with Gasteiger partial charge in [0.15, 0.2) is 0 Å². The second-order valence-electron chi connectivity index (χ2n) is 3.96. The Bertz CT molecular complexity index is 348. The Morgan fingerprint density at radius 2 is 2.00 bits per heavy atom. The Balaban J connectivity index is 2.12. The lowest BCUT2D eigenvalue weighted by molar-refractivity contribution is 0.0336. The molecule has 0 atom stereocenters. The molecule has 0 unspecified atom stereocenters. The number of hydrogen-bond donors (Lipinski definition) is 2. The number of phenolic OH excluding ortho intramolecular Hbond substituents is 1. The number of phenols is 1. The van der Waals surface area contributed by atoms with E-state index in [1.54, 1.807) is 12.1 Å². The summed E-state index contributed by atoms with van der Waals surface area (Å²) in [5.74, 6) is 0.262. The Morgan fingerprint density at radius 1 is 1.25 bits per heavy atom. The molecule has 2 N–H and O–H groups in total. The lowest BCUT2D eigenvalue weighted by Crippen LogP contribution is -2.35. The van der Waals surface area contributed by atoms with Crippen molar-refractivity contribution >= 4 is 0 Å². The lowest BCUT2D eigenvalue weighted by atomic mass is 10.1. The van der Waals surface area contributed by atoms with Gasteiger partial charge >= 0.3 is 0 Å². The summed E-state index contributed by atoms with van der Waals surface area (Å²) in [6.45, 7) is 3.86. The zero-order valence-electron chi connectivity index (χ0n) is 9.22. The van der Waals surface area contributed by atoms with E-state index in [4.69, 9.17) is 4.74 Å². The van der Waals surface area contributed by atoms with Crippen molar-refractivity contribution < 1.29 is 14.9 Å². The molecule has 4 nitrogen and oxygen atoms in total. The largest absolute Gasteiger partial charge is 0.508 e. The van der Waals surface area contributed by atoms with Crippen LogP contribution in [0, 0.1) is 0 Å². The molecular weight excluding hydrogens is 206 g/mol. The topological polar surface area (TPSA) is 52.9 Å². The summed E-state index contributed by atoms with van der Waals surface area (Å²) >= 11 is 0. The van der Waals surface area contributed by atoms with Crippen molar-refractivity contribution in [2.45, 2.75) is 13.2 Å². The Morgan fingerprint density at radius 3 is 2.69 bits per heavy atom. The van der Waals surface area contributed by atoms with Crippen LogP contribution in [-0.4, -0.2) is 41.4 Å². The number of benzene rings is 1. The first-order chi connectivity index (χ1) is 7.81. The summed E-state index contributed by atoms with van der Waals surface area (Å²) in [6.07, 6.45) is 0. The molecule has 1 aliphatic rings. The Kier molecular flexibility index (Phi) is 3.77. The summed E-state index contributed by atoms with van der Waals surface area (Å²) in [5.41, 5.74) is 1.62. The van der Waals surface area contributed by atoms with Gasteiger partial charge in [-0.15, -0.1) is 0 Å². The first-order valence-corrected chi connectivity index (χ1v) is 5.52. The molecule has 1 aliphatic heterocycles. The Labute approximate surface area is 95.1 Å². The minimum absolute atomic E-state index is 0.0337.